The SMILES string of the molecule is CC[C@@H](C(=O)NCC(C)C)n1c(=O)n(Cc2ccccc2)c(=O)c2ccccc21. The fourth-order valence-corrected chi connectivity index (χ4v) is 3.44. The van der Waals surface area contributed by atoms with Gasteiger partial charge in [0.05, 0.1) is 17.4 Å². The van der Waals surface area contributed by atoms with E-state index in [2.05, 4.69) is 5.32 Å². The van der Waals surface area contributed by atoms with Crippen LogP contribution in [0, 0.1) is 5.92 Å². The second-order valence-electron chi connectivity index (χ2n) is 7.61. The summed E-state index contributed by atoms with van der Waals surface area (Å²) in [6.45, 7) is 6.60. The summed E-state index contributed by atoms with van der Waals surface area (Å²) in [6.07, 6.45) is 0.442. The zero-order valence-electron chi connectivity index (χ0n) is 17.1. The molecule has 1 amide bonds. The van der Waals surface area contributed by atoms with Crippen LogP contribution in [0.25, 0.3) is 10.9 Å². The number of amides is 1. The molecule has 0 unspecified atom stereocenters. The summed E-state index contributed by atoms with van der Waals surface area (Å²) in [7, 11) is 0. The van der Waals surface area contributed by atoms with Crippen molar-refractivity contribution in [2.45, 2.75) is 39.8 Å². The van der Waals surface area contributed by atoms with Crippen molar-refractivity contribution in [2.75, 3.05) is 6.54 Å². The Morgan fingerprint density at radius 2 is 1.66 bits per heavy atom. The van der Waals surface area contributed by atoms with E-state index >= 15 is 0 Å². The van der Waals surface area contributed by atoms with Gasteiger partial charge < -0.3 is 5.32 Å². The maximum atomic E-state index is 13.4. The number of rotatable bonds is 7. The van der Waals surface area contributed by atoms with E-state index < -0.39 is 11.7 Å². The molecule has 3 rings (SSSR count). The van der Waals surface area contributed by atoms with Crippen LogP contribution >= 0.6 is 0 Å². The molecular formula is C23H27N3O3. The van der Waals surface area contributed by atoms with Crippen LogP contribution in [0.4, 0.5) is 0 Å². The Labute approximate surface area is 169 Å². The summed E-state index contributed by atoms with van der Waals surface area (Å²) >= 11 is 0. The number of fused-ring (bicyclic) bond motifs is 1. The lowest BCUT2D eigenvalue weighted by Crippen LogP contribution is -2.45. The minimum Gasteiger partial charge on any atom is -0.354 e. The van der Waals surface area contributed by atoms with Gasteiger partial charge in [-0.25, -0.2) is 4.79 Å². The average molecular weight is 393 g/mol. The monoisotopic (exact) mass is 393 g/mol. The molecule has 0 aliphatic rings. The number of nitrogens with zero attached hydrogens (tertiary/aromatic N) is 2. The molecule has 6 heteroatoms. The van der Waals surface area contributed by atoms with Gasteiger partial charge in [0.15, 0.2) is 0 Å². The van der Waals surface area contributed by atoms with Gasteiger partial charge in [0, 0.05) is 6.54 Å². The van der Waals surface area contributed by atoms with Crippen molar-refractivity contribution >= 4 is 16.8 Å². The first-order chi connectivity index (χ1) is 13.9. The molecule has 0 saturated heterocycles. The minimum atomic E-state index is -0.686. The predicted molar refractivity (Wildman–Crippen MR) is 115 cm³/mol. The van der Waals surface area contributed by atoms with Crippen molar-refractivity contribution in [2.24, 2.45) is 5.92 Å². The van der Waals surface area contributed by atoms with Gasteiger partial charge >= 0.3 is 5.69 Å². The Morgan fingerprint density at radius 1 is 1.00 bits per heavy atom. The molecule has 0 radical (unpaired) electrons. The highest BCUT2D eigenvalue weighted by molar-refractivity contribution is 5.84. The molecule has 1 N–H and O–H groups in total. The van der Waals surface area contributed by atoms with Crippen molar-refractivity contribution in [1.82, 2.24) is 14.5 Å². The first-order valence-electron chi connectivity index (χ1n) is 9.99. The van der Waals surface area contributed by atoms with E-state index in [1.165, 1.54) is 9.13 Å². The first kappa shape index (κ1) is 20.6. The summed E-state index contributed by atoms with van der Waals surface area (Å²) in [5.74, 6) is 0.0929. The fraction of sp³-hybridized carbons (Fsp3) is 0.348. The van der Waals surface area contributed by atoms with Crippen LogP contribution in [0.2, 0.25) is 0 Å². The molecule has 1 aromatic heterocycles. The van der Waals surface area contributed by atoms with Gasteiger partial charge in [-0.1, -0.05) is 63.2 Å². The van der Waals surface area contributed by atoms with Crippen LogP contribution in [0.15, 0.2) is 64.2 Å². The van der Waals surface area contributed by atoms with E-state index in [0.29, 0.717) is 29.8 Å². The second kappa shape index (κ2) is 8.90. The maximum absolute atomic E-state index is 13.4. The molecule has 6 nitrogen and oxygen atoms in total. The lowest BCUT2D eigenvalue weighted by Gasteiger charge is -2.22. The van der Waals surface area contributed by atoms with Crippen molar-refractivity contribution in [3.05, 3.63) is 81.0 Å². The molecule has 29 heavy (non-hydrogen) atoms. The molecular weight excluding hydrogens is 366 g/mol. The minimum absolute atomic E-state index is 0.160. The number of carbonyl (C=O) groups excluding carboxylic acids is 1. The zero-order chi connectivity index (χ0) is 21.0. The van der Waals surface area contributed by atoms with Crippen molar-refractivity contribution < 1.29 is 4.79 Å². The van der Waals surface area contributed by atoms with E-state index in [4.69, 9.17) is 0 Å². The average Bonchev–Trinajstić information content (AvgIpc) is 2.73. The molecule has 1 heterocycles. The Morgan fingerprint density at radius 3 is 2.31 bits per heavy atom. The lowest BCUT2D eigenvalue weighted by molar-refractivity contribution is -0.124. The molecule has 0 spiro atoms. The van der Waals surface area contributed by atoms with E-state index in [0.717, 1.165) is 5.56 Å². The number of nitrogens with one attached hydrogen (secondary N) is 1. The van der Waals surface area contributed by atoms with Gasteiger partial charge in [0.2, 0.25) is 5.91 Å². The van der Waals surface area contributed by atoms with E-state index in [1.807, 2.05) is 51.1 Å². The van der Waals surface area contributed by atoms with E-state index in [1.54, 1.807) is 24.3 Å². The molecule has 1 atom stereocenters. The first-order valence-corrected chi connectivity index (χ1v) is 9.99. The normalized spacial score (nSPS) is 12.3. The third kappa shape index (κ3) is 4.31. The van der Waals surface area contributed by atoms with Gasteiger partial charge in [-0.15, -0.1) is 0 Å². The zero-order valence-corrected chi connectivity index (χ0v) is 17.1. The fourth-order valence-electron chi connectivity index (χ4n) is 3.44. The Hall–Kier alpha value is -3.15. The van der Waals surface area contributed by atoms with Gasteiger partial charge in [0.1, 0.15) is 6.04 Å². The number of carbonyl (C=O) groups is 1. The molecule has 0 aliphatic carbocycles. The highest BCUT2D eigenvalue weighted by atomic mass is 16.2. The quantitative estimate of drug-likeness (QED) is 0.671. The predicted octanol–water partition coefficient (Wildman–Crippen LogP) is 2.93. The third-order valence-electron chi connectivity index (χ3n) is 4.95. The summed E-state index contributed by atoms with van der Waals surface area (Å²) in [4.78, 5) is 39.3. The van der Waals surface area contributed by atoms with Crippen LogP contribution in [-0.2, 0) is 11.3 Å². The molecule has 0 fully saturated rings. The standard InChI is InChI=1S/C23H27N3O3/c1-4-19(21(27)24-14-16(2)3)26-20-13-9-8-12-18(20)22(28)25(23(26)29)15-17-10-6-5-7-11-17/h5-13,16,19H,4,14-15H2,1-3H3,(H,24,27)/t19-/m0/s1. The summed E-state index contributed by atoms with van der Waals surface area (Å²) in [6, 6.07) is 15.7. The van der Waals surface area contributed by atoms with Gasteiger partial charge in [-0.3, -0.25) is 18.7 Å². The lowest BCUT2D eigenvalue weighted by atomic mass is 10.1. The van der Waals surface area contributed by atoms with Crippen LogP contribution in [-0.4, -0.2) is 21.6 Å². The molecule has 152 valence electrons. The number of aromatic nitrogens is 2. The number of hydrogen-bond acceptors (Lipinski definition) is 3. The van der Waals surface area contributed by atoms with E-state index in [9.17, 15) is 14.4 Å². The van der Waals surface area contributed by atoms with Crippen LogP contribution in [0.3, 0.4) is 0 Å². The molecule has 0 bridgehead atoms. The molecule has 3 aromatic rings. The summed E-state index contributed by atoms with van der Waals surface area (Å²) < 4.78 is 2.69. The number of benzene rings is 2. The van der Waals surface area contributed by atoms with Gasteiger partial charge in [-0.2, -0.15) is 0 Å². The molecule has 0 saturated carbocycles. The van der Waals surface area contributed by atoms with Crippen molar-refractivity contribution in [3.63, 3.8) is 0 Å². The number of hydrogen-bond donors (Lipinski definition) is 1. The summed E-state index contributed by atoms with van der Waals surface area (Å²) in [5.41, 5.74) is 0.524. The molecule has 0 aliphatic heterocycles. The van der Waals surface area contributed by atoms with E-state index in [-0.39, 0.29) is 18.0 Å². The van der Waals surface area contributed by atoms with Gasteiger partial charge in [0.25, 0.3) is 5.56 Å². The Kier molecular flexibility index (Phi) is 6.32. The Balaban J connectivity index is 2.18. The highest BCUT2D eigenvalue weighted by Gasteiger charge is 2.24. The number of para-hydroxylation sites is 1. The Bertz CT molecular complexity index is 1110. The molecule has 2 aromatic carbocycles. The topological polar surface area (TPSA) is 73.1 Å². The maximum Gasteiger partial charge on any atom is 0.332 e. The smallest absolute Gasteiger partial charge is 0.332 e. The van der Waals surface area contributed by atoms with Gasteiger partial charge in [-0.05, 0) is 30.0 Å². The van der Waals surface area contributed by atoms with Crippen LogP contribution < -0.4 is 16.6 Å². The van der Waals surface area contributed by atoms with Crippen molar-refractivity contribution in [1.29, 1.82) is 0 Å². The van der Waals surface area contributed by atoms with Crippen LogP contribution in [0.5, 0.6) is 0 Å². The van der Waals surface area contributed by atoms with Crippen LogP contribution in [0.1, 0.15) is 38.8 Å². The third-order valence-corrected chi connectivity index (χ3v) is 4.95. The second-order valence-corrected chi connectivity index (χ2v) is 7.61. The highest BCUT2D eigenvalue weighted by Crippen LogP contribution is 2.17. The van der Waals surface area contributed by atoms with Crippen molar-refractivity contribution in [3.8, 4) is 0 Å². The summed E-state index contributed by atoms with van der Waals surface area (Å²) in [5, 5.41) is 3.35. The largest absolute Gasteiger partial charge is 0.354 e.